The SMILES string of the molecule is CCC1CCN(C(c2cccnc2)C(N)CC)CC1. The van der Waals surface area contributed by atoms with Crippen molar-refractivity contribution in [3.63, 3.8) is 0 Å². The van der Waals surface area contributed by atoms with Gasteiger partial charge in [-0.2, -0.15) is 0 Å². The largest absolute Gasteiger partial charge is 0.326 e. The van der Waals surface area contributed by atoms with Crippen LogP contribution in [-0.2, 0) is 0 Å². The molecule has 3 heteroatoms. The van der Waals surface area contributed by atoms with Crippen molar-refractivity contribution in [2.75, 3.05) is 13.1 Å². The lowest BCUT2D eigenvalue weighted by Crippen LogP contribution is -2.44. The van der Waals surface area contributed by atoms with Crippen LogP contribution in [0.5, 0.6) is 0 Å². The average molecular weight is 261 g/mol. The fourth-order valence-electron chi connectivity index (χ4n) is 3.14. The Morgan fingerprint density at radius 3 is 2.63 bits per heavy atom. The molecule has 2 heterocycles. The number of rotatable bonds is 5. The number of nitrogens with zero attached hydrogens (tertiary/aromatic N) is 2. The standard InChI is InChI=1S/C16H27N3/c1-3-13-7-10-19(11-8-13)16(15(17)4-2)14-6-5-9-18-12-14/h5-6,9,12-13,15-16H,3-4,7-8,10-11,17H2,1-2H3. The van der Waals surface area contributed by atoms with E-state index in [2.05, 4.69) is 29.8 Å². The highest BCUT2D eigenvalue weighted by atomic mass is 15.2. The van der Waals surface area contributed by atoms with Crippen molar-refractivity contribution in [3.05, 3.63) is 30.1 Å². The van der Waals surface area contributed by atoms with E-state index in [1.807, 2.05) is 18.5 Å². The summed E-state index contributed by atoms with van der Waals surface area (Å²) in [6.07, 6.45) is 8.75. The van der Waals surface area contributed by atoms with E-state index >= 15 is 0 Å². The summed E-state index contributed by atoms with van der Waals surface area (Å²) in [6, 6.07) is 4.71. The Bertz CT molecular complexity index is 358. The fraction of sp³-hybridized carbons (Fsp3) is 0.688. The molecule has 2 rings (SSSR count). The maximum atomic E-state index is 6.38. The molecule has 1 saturated heterocycles. The summed E-state index contributed by atoms with van der Waals surface area (Å²) in [7, 11) is 0. The van der Waals surface area contributed by atoms with Gasteiger partial charge in [0.1, 0.15) is 0 Å². The summed E-state index contributed by atoms with van der Waals surface area (Å²) >= 11 is 0. The van der Waals surface area contributed by atoms with Gasteiger partial charge >= 0.3 is 0 Å². The molecule has 2 unspecified atom stereocenters. The molecular weight excluding hydrogens is 234 g/mol. The predicted octanol–water partition coefficient (Wildman–Crippen LogP) is 2.98. The molecule has 1 aliphatic rings. The zero-order valence-corrected chi connectivity index (χ0v) is 12.3. The molecule has 1 fully saturated rings. The normalized spacial score (nSPS) is 21.2. The van der Waals surface area contributed by atoms with Gasteiger partial charge in [0.25, 0.3) is 0 Å². The maximum Gasteiger partial charge on any atom is 0.0514 e. The summed E-state index contributed by atoms with van der Waals surface area (Å²) in [6.45, 7) is 6.82. The average Bonchev–Trinajstić information content (AvgIpc) is 2.49. The van der Waals surface area contributed by atoms with Crippen LogP contribution < -0.4 is 5.73 Å². The highest BCUT2D eigenvalue weighted by Crippen LogP contribution is 2.30. The van der Waals surface area contributed by atoms with Gasteiger partial charge in [-0.1, -0.05) is 26.3 Å². The predicted molar refractivity (Wildman–Crippen MR) is 79.8 cm³/mol. The van der Waals surface area contributed by atoms with Crippen molar-refractivity contribution in [1.29, 1.82) is 0 Å². The minimum absolute atomic E-state index is 0.197. The third kappa shape index (κ3) is 3.54. The van der Waals surface area contributed by atoms with Crippen molar-refractivity contribution < 1.29 is 0 Å². The molecule has 1 aromatic heterocycles. The topological polar surface area (TPSA) is 42.2 Å². The van der Waals surface area contributed by atoms with Gasteiger partial charge in [-0.25, -0.2) is 0 Å². The quantitative estimate of drug-likeness (QED) is 0.886. The summed E-state index contributed by atoms with van der Waals surface area (Å²) < 4.78 is 0. The zero-order valence-electron chi connectivity index (χ0n) is 12.3. The van der Waals surface area contributed by atoms with Crippen LogP contribution in [0, 0.1) is 5.92 Å². The third-order valence-electron chi connectivity index (χ3n) is 4.52. The van der Waals surface area contributed by atoms with Gasteiger partial charge in [-0.05, 0) is 49.9 Å². The first-order chi connectivity index (χ1) is 9.26. The zero-order chi connectivity index (χ0) is 13.7. The Balaban J connectivity index is 2.11. The van der Waals surface area contributed by atoms with Crippen LogP contribution in [0.2, 0.25) is 0 Å². The second-order valence-electron chi connectivity index (χ2n) is 5.69. The molecule has 0 aliphatic carbocycles. The van der Waals surface area contributed by atoms with Crippen molar-refractivity contribution >= 4 is 0 Å². The Hall–Kier alpha value is -0.930. The number of pyridine rings is 1. The minimum atomic E-state index is 0.197. The fourth-order valence-corrected chi connectivity index (χ4v) is 3.14. The summed E-state index contributed by atoms with van der Waals surface area (Å²) in [5.41, 5.74) is 7.65. The van der Waals surface area contributed by atoms with Crippen LogP contribution >= 0.6 is 0 Å². The monoisotopic (exact) mass is 261 g/mol. The molecule has 1 aromatic rings. The highest BCUT2D eigenvalue weighted by molar-refractivity contribution is 5.16. The van der Waals surface area contributed by atoms with E-state index in [1.54, 1.807) is 0 Å². The van der Waals surface area contributed by atoms with E-state index in [1.165, 1.54) is 37.9 Å². The number of likely N-dealkylation sites (tertiary alicyclic amines) is 1. The van der Waals surface area contributed by atoms with Gasteiger partial charge in [0.2, 0.25) is 0 Å². The van der Waals surface area contributed by atoms with Gasteiger partial charge in [0.15, 0.2) is 0 Å². The molecule has 0 aromatic carbocycles. The second kappa shape index (κ2) is 7.01. The van der Waals surface area contributed by atoms with Crippen molar-refractivity contribution in [2.24, 2.45) is 11.7 Å². The Morgan fingerprint density at radius 2 is 2.11 bits per heavy atom. The van der Waals surface area contributed by atoms with E-state index in [4.69, 9.17) is 5.73 Å². The number of nitrogens with two attached hydrogens (primary N) is 1. The smallest absolute Gasteiger partial charge is 0.0514 e. The molecule has 0 bridgehead atoms. The molecular formula is C16H27N3. The highest BCUT2D eigenvalue weighted by Gasteiger charge is 2.29. The molecule has 1 aliphatic heterocycles. The van der Waals surface area contributed by atoms with Crippen LogP contribution in [0.15, 0.2) is 24.5 Å². The van der Waals surface area contributed by atoms with Gasteiger partial charge in [-0.3, -0.25) is 9.88 Å². The molecule has 0 saturated carbocycles. The van der Waals surface area contributed by atoms with Crippen LogP contribution in [0.1, 0.15) is 51.1 Å². The van der Waals surface area contributed by atoms with Crippen molar-refractivity contribution in [3.8, 4) is 0 Å². The van der Waals surface area contributed by atoms with Gasteiger partial charge in [0, 0.05) is 18.4 Å². The lowest BCUT2D eigenvalue weighted by molar-refractivity contribution is 0.113. The number of aromatic nitrogens is 1. The number of piperidine rings is 1. The Morgan fingerprint density at radius 1 is 1.37 bits per heavy atom. The van der Waals surface area contributed by atoms with Crippen molar-refractivity contribution in [2.45, 2.75) is 51.6 Å². The number of hydrogen-bond donors (Lipinski definition) is 1. The summed E-state index contributed by atoms with van der Waals surface area (Å²) in [5.74, 6) is 0.906. The summed E-state index contributed by atoms with van der Waals surface area (Å²) in [4.78, 5) is 6.83. The van der Waals surface area contributed by atoms with Crippen LogP contribution in [-0.4, -0.2) is 29.0 Å². The minimum Gasteiger partial charge on any atom is -0.326 e. The molecule has 106 valence electrons. The molecule has 2 N–H and O–H groups in total. The van der Waals surface area contributed by atoms with E-state index in [-0.39, 0.29) is 6.04 Å². The molecule has 0 spiro atoms. The van der Waals surface area contributed by atoms with Gasteiger partial charge < -0.3 is 5.73 Å². The maximum absolute atomic E-state index is 6.38. The van der Waals surface area contributed by atoms with Gasteiger partial charge in [0.05, 0.1) is 6.04 Å². The summed E-state index contributed by atoms with van der Waals surface area (Å²) in [5, 5.41) is 0. The molecule has 19 heavy (non-hydrogen) atoms. The Labute approximate surface area is 117 Å². The van der Waals surface area contributed by atoms with E-state index in [0.717, 1.165) is 12.3 Å². The molecule has 0 amide bonds. The first-order valence-corrected chi connectivity index (χ1v) is 7.65. The van der Waals surface area contributed by atoms with Crippen molar-refractivity contribution in [1.82, 2.24) is 9.88 Å². The molecule has 0 radical (unpaired) electrons. The third-order valence-corrected chi connectivity index (χ3v) is 4.52. The first-order valence-electron chi connectivity index (χ1n) is 7.65. The van der Waals surface area contributed by atoms with E-state index in [0.29, 0.717) is 6.04 Å². The lowest BCUT2D eigenvalue weighted by atomic mass is 9.90. The van der Waals surface area contributed by atoms with Crippen LogP contribution in [0.3, 0.4) is 0 Å². The van der Waals surface area contributed by atoms with Crippen LogP contribution in [0.25, 0.3) is 0 Å². The lowest BCUT2D eigenvalue weighted by Gasteiger charge is -2.40. The second-order valence-corrected chi connectivity index (χ2v) is 5.69. The first kappa shape index (κ1) is 14.5. The van der Waals surface area contributed by atoms with Gasteiger partial charge in [-0.15, -0.1) is 0 Å². The van der Waals surface area contributed by atoms with E-state index < -0.39 is 0 Å². The van der Waals surface area contributed by atoms with E-state index in [9.17, 15) is 0 Å². The molecule has 2 atom stereocenters. The number of hydrogen-bond acceptors (Lipinski definition) is 3. The molecule has 3 nitrogen and oxygen atoms in total. The Kier molecular flexibility index (Phi) is 5.34. The van der Waals surface area contributed by atoms with Crippen LogP contribution in [0.4, 0.5) is 0 Å².